The number of benzene rings is 2. The van der Waals surface area contributed by atoms with Crippen molar-refractivity contribution >= 4 is 21.2 Å². The zero-order valence-electron chi connectivity index (χ0n) is 14.7. The number of sulfone groups is 1. The molecule has 1 aliphatic rings. The van der Waals surface area contributed by atoms with Gasteiger partial charge >= 0.3 is 0 Å². The third-order valence-electron chi connectivity index (χ3n) is 4.40. The lowest BCUT2D eigenvalue weighted by molar-refractivity contribution is 0.504. The van der Waals surface area contributed by atoms with Gasteiger partial charge in [-0.05, 0) is 36.4 Å². The Balaban J connectivity index is 2.06. The van der Waals surface area contributed by atoms with E-state index < -0.39 is 21.5 Å². The van der Waals surface area contributed by atoms with Gasteiger partial charge in [0.25, 0.3) is 0 Å². The van der Waals surface area contributed by atoms with Gasteiger partial charge in [-0.3, -0.25) is 0 Å². The van der Waals surface area contributed by atoms with Crippen molar-refractivity contribution in [3.8, 4) is 0 Å². The molecule has 1 N–H and O–H groups in total. The molecule has 1 fully saturated rings. The molecule has 1 saturated heterocycles. The molecule has 0 bridgehead atoms. The molecule has 0 unspecified atom stereocenters. The number of hydrogen-bond donors (Lipinski definition) is 1. The van der Waals surface area contributed by atoms with E-state index >= 15 is 0 Å². The van der Waals surface area contributed by atoms with Gasteiger partial charge in [0, 0.05) is 46.0 Å². The maximum Gasteiger partial charge on any atom is 0.208 e. The highest BCUT2D eigenvalue weighted by Crippen LogP contribution is 2.33. The average molecular weight is 381 g/mol. The molecule has 1 aliphatic heterocycles. The minimum Gasteiger partial charge on any atom is -0.377 e. The highest BCUT2D eigenvalue weighted by molar-refractivity contribution is 7.91. The first-order chi connectivity index (χ1) is 12.3. The smallest absolute Gasteiger partial charge is 0.208 e. The molecule has 0 radical (unpaired) electrons. The predicted octanol–water partition coefficient (Wildman–Crippen LogP) is 2.27. The molecule has 0 aromatic heterocycles. The first kappa shape index (κ1) is 18.6. The summed E-state index contributed by atoms with van der Waals surface area (Å²) in [6.07, 6.45) is 0. The highest BCUT2D eigenvalue weighted by atomic mass is 32.2. The van der Waals surface area contributed by atoms with Gasteiger partial charge in [0.15, 0.2) is 11.6 Å². The van der Waals surface area contributed by atoms with Crippen LogP contribution in [-0.2, 0) is 9.84 Å². The number of piperazine rings is 1. The van der Waals surface area contributed by atoms with Crippen molar-refractivity contribution in [2.75, 3.05) is 50.1 Å². The lowest BCUT2D eigenvalue weighted by atomic mass is 10.2. The Bertz CT molecular complexity index is 911. The van der Waals surface area contributed by atoms with Gasteiger partial charge in [-0.25, -0.2) is 17.2 Å². The second-order valence-electron chi connectivity index (χ2n) is 6.36. The second-order valence-corrected chi connectivity index (χ2v) is 8.28. The molecule has 2 aromatic carbocycles. The van der Waals surface area contributed by atoms with Crippen molar-refractivity contribution in [2.24, 2.45) is 0 Å². The molecule has 0 atom stereocenters. The summed E-state index contributed by atoms with van der Waals surface area (Å²) >= 11 is 0. The van der Waals surface area contributed by atoms with Crippen molar-refractivity contribution < 1.29 is 17.2 Å². The monoisotopic (exact) mass is 381 g/mol. The fourth-order valence-corrected chi connectivity index (χ4v) is 4.50. The molecule has 140 valence electrons. The van der Waals surface area contributed by atoms with Crippen LogP contribution in [0.25, 0.3) is 0 Å². The summed E-state index contributed by atoms with van der Waals surface area (Å²) in [6.45, 7) is 3.41. The van der Waals surface area contributed by atoms with E-state index in [1.807, 2.05) is 6.07 Å². The van der Waals surface area contributed by atoms with Gasteiger partial charge < -0.3 is 15.1 Å². The summed E-state index contributed by atoms with van der Waals surface area (Å²) in [5.41, 5.74) is 1.44. The minimum atomic E-state index is -3.98. The molecule has 3 rings (SSSR count). The van der Waals surface area contributed by atoms with Crippen molar-refractivity contribution in [3.05, 3.63) is 48.0 Å². The molecule has 0 aliphatic carbocycles. The van der Waals surface area contributed by atoms with Crippen LogP contribution in [0.5, 0.6) is 0 Å². The predicted molar refractivity (Wildman–Crippen MR) is 97.7 cm³/mol. The normalized spacial score (nSPS) is 15.2. The van der Waals surface area contributed by atoms with Crippen LogP contribution in [0.4, 0.5) is 20.2 Å². The van der Waals surface area contributed by atoms with Gasteiger partial charge in [-0.2, -0.15) is 0 Å². The topological polar surface area (TPSA) is 52.6 Å². The van der Waals surface area contributed by atoms with Crippen LogP contribution in [-0.4, -0.2) is 48.7 Å². The van der Waals surface area contributed by atoms with Crippen LogP contribution in [0.3, 0.4) is 0 Å². The number of nitrogens with zero attached hydrogens (tertiary/aromatic N) is 2. The summed E-state index contributed by atoms with van der Waals surface area (Å²) < 4.78 is 52.6. The maximum absolute atomic E-state index is 13.5. The van der Waals surface area contributed by atoms with Crippen molar-refractivity contribution in [1.29, 1.82) is 0 Å². The first-order valence-corrected chi connectivity index (χ1v) is 9.76. The Morgan fingerprint density at radius 1 is 1.00 bits per heavy atom. The van der Waals surface area contributed by atoms with Gasteiger partial charge in [0.1, 0.15) is 0 Å². The Kier molecular flexibility index (Phi) is 5.15. The van der Waals surface area contributed by atoms with E-state index in [9.17, 15) is 17.2 Å². The van der Waals surface area contributed by atoms with E-state index in [-0.39, 0.29) is 9.79 Å². The third kappa shape index (κ3) is 3.52. The fraction of sp³-hybridized carbons (Fsp3) is 0.333. The summed E-state index contributed by atoms with van der Waals surface area (Å²) in [6, 6.07) is 7.73. The van der Waals surface area contributed by atoms with E-state index in [4.69, 9.17) is 0 Å². The van der Waals surface area contributed by atoms with Crippen LogP contribution >= 0.6 is 0 Å². The molecule has 5 nitrogen and oxygen atoms in total. The van der Waals surface area contributed by atoms with Crippen LogP contribution < -0.4 is 15.1 Å². The Hall–Kier alpha value is -2.19. The molecule has 1 heterocycles. The zero-order valence-corrected chi connectivity index (χ0v) is 15.5. The van der Waals surface area contributed by atoms with Crippen LogP contribution in [0, 0.1) is 11.6 Å². The van der Waals surface area contributed by atoms with E-state index in [1.54, 1.807) is 25.1 Å². The molecule has 2 aromatic rings. The molecule has 0 amide bonds. The van der Waals surface area contributed by atoms with Crippen molar-refractivity contribution in [3.63, 3.8) is 0 Å². The Morgan fingerprint density at radius 3 is 2.31 bits per heavy atom. The summed E-state index contributed by atoms with van der Waals surface area (Å²) in [5.74, 6) is -2.26. The van der Waals surface area contributed by atoms with E-state index in [0.29, 0.717) is 11.8 Å². The van der Waals surface area contributed by atoms with Gasteiger partial charge in [0.05, 0.1) is 15.5 Å². The van der Waals surface area contributed by atoms with Gasteiger partial charge in [-0.15, -0.1) is 0 Å². The lowest BCUT2D eigenvalue weighted by Crippen LogP contribution is -2.43. The summed E-state index contributed by atoms with van der Waals surface area (Å²) in [5, 5.41) is 3.27. The van der Waals surface area contributed by atoms with E-state index in [1.165, 1.54) is 6.07 Å². The summed E-state index contributed by atoms with van der Waals surface area (Å²) in [7, 11) is -0.478. The van der Waals surface area contributed by atoms with Crippen molar-refractivity contribution in [1.82, 2.24) is 5.32 Å². The Morgan fingerprint density at radius 2 is 1.69 bits per heavy atom. The maximum atomic E-state index is 13.5. The molecule has 0 saturated carbocycles. The third-order valence-corrected chi connectivity index (χ3v) is 6.20. The quantitative estimate of drug-likeness (QED) is 0.824. The number of halogens is 2. The number of anilines is 2. The fourth-order valence-electron chi connectivity index (χ4n) is 2.97. The van der Waals surface area contributed by atoms with Gasteiger partial charge in [0.2, 0.25) is 9.84 Å². The zero-order chi connectivity index (χ0) is 18.9. The Labute approximate surface area is 152 Å². The number of rotatable bonds is 4. The minimum absolute atomic E-state index is 0.0624. The van der Waals surface area contributed by atoms with Gasteiger partial charge in [-0.1, -0.05) is 0 Å². The molecule has 8 heteroatoms. The molecule has 0 spiro atoms. The average Bonchev–Trinajstić information content (AvgIpc) is 2.64. The van der Waals surface area contributed by atoms with Crippen molar-refractivity contribution in [2.45, 2.75) is 9.79 Å². The molecular weight excluding hydrogens is 360 g/mol. The largest absolute Gasteiger partial charge is 0.377 e. The van der Waals surface area contributed by atoms with Crippen LogP contribution in [0.2, 0.25) is 0 Å². The second kappa shape index (κ2) is 7.20. The summed E-state index contributed by atoms with van der Waals surface area (Å²) in [4.78, 5) is 3.68. The highest BCUT2D eigenvalue weighted by Gasteiger charge is 2.25. The van der Waals surface area contributed by atoms with Crippen LogP contribution in [0.1, 0.15) is 0 Å². The standard InChI is InChI=1S/C18H21F2N3O2S/c1-22(2)17-11-13(23-9-7-21-8-10-23)3-6-18(17)26(24,25)14-4-5-15(19)16(20)12-14/h3-6,11-12,21H,7-10H2,1-2H3. The molecule has 26 heavy (non-hydrogen) atoms. The lowest BCUT2D eigenvalue weighted by Gasteiger charge is -2.30. The van der Waals surface area contributed by atoms with Crippen LogP contribution in [0.15, 0.2) is 46.2 Å². The number of nitrogens with one attached hydrogen (secondary N) is 1. The first-order valence-electron chi connectivity index (χ1n) is 8.28. The molecular formula is C18H21F2N3O2S. The SMILES string of the molecule is CN(C)c1cc(N2CCNCC2)ccc1S(=O)(=O)c1ccc(F)c(F)c1. The van der Waals surface area contributed by atoms with E-state index in [2.05, 4.69) is 10.2 Å². The van der Waals surface area contributed by atoms with E-state index in [0.717, 1.165) is 44.0 Å². The number of hydrogen-bond acceptors (Lipinski definition) is 5.